The topological polar surface area (TPSA) is 92.1 Å². The second-order valence-electron chi connectivity index (χ2n) is 6.47. The minimum Gasteiger partial charge on any atom is -0.543 e. The molecule has 0 N–H and O–H groups in total. The van der Waals surface area contributed by atoms with E-state index in [4.69, 9.17) is 0 Å². The molecule has 3 aromatic carbocycles. The fourth-order valence-corrected chi connectivity index (χ4v) is 3.33. The largest absolute Gasteiger partial charge is 0.543 e. The lowest BCUT2D eigenvalue weighted by Crippen LogP contribution is -2.36. The number of nitrogens with zero attached hydrogens (tertiary/aromatic N) is 2. The second-order valence-corrected chi connectivity index (χ2v) is 6.47. The molecule has 1 aromatic heterocycles. The van der Waals surface area contributed by atoms with Gasteiger partial charge in [0.15, 0.2) is 5.78 Å². The van der Waals surface area contributed by atoms with E-state index < -0.39 is 17.6 Å². The van der Waals surface area contributed by atoms with Gasteiger partial charge in [-0.2, -0.15) is 5.10 Å². The second kappa shape index (κ2) is 7.52. The van der Waals surface area contributed by atoms with E-state index in [1.54, 1.807) is 72.8 Å². The molecule has 1 heterocycles. The van der Waals surface area contributed by atoms with Gasteiger partial charge in [-0.3, -0.25) is 9.59 Å². The maximum atomic E-state index is 13.4. The molecule has 0 bridgehead atoms. The SMILES string of the molecule is O=C([O-])c1nn([C@@H](C(=O)c2ccccc2)c2ccccc2)c(=O)c2ccccc12. The van der Waals surface area contributed by atoms with Crippen molar-refractivity contribution in [3.8, 4) is 0 Å². The number of rotatable bonds is 5. The Kier molecular flexibility index (Phi) is 4.75. The monoisotopic (exact) mass is 383 g/mol. The summed E-state index contributed by atoms with van der Waals surface area (Å²) < 4.78 is 0.943. The van der Waals surface area contributed by atoms with Crippen LogP contribution in [0.5, 0.6) is 0 Å². The molecule has 0 aliphatic rings. The van der Waals surface area contributed by atoms with Crippen molar-refractivity contribution < 1.29 is 14.7 Å². The van der Waals surface area contributed by atoms with Gasteiger partial charge < -0.3 is 9.90 Å². The zero-order valence-electron chi connectivity index (χ0n) is 15.2. The molecule has 0 saturated heterocycles. The number of carboxylic acid groups (broad SMARTS) is 1. The molecule has 0 aliphatic carbocycles. The Balaban J connectivity index is 2.02. The van der Waals surface area contributed by atoms with E-state index in [0.29, 0.717) is 11.1 Å². The normalized spacial score (nSPS) is 11.9. The Morgan fingerprint density at radius 2 is 1.34 bits per heavy atom. The summed E-state index contributed by atoms with van der Waals surface area (Å²) in [5.41, 5.74) is -0.0283. The quantitative estimate of drug-likeness (QED) is 0.493. The molecule has 0 spiro atoms. The van der Waals surface area contributed by atoms with Gasteiger partial charge in [-0.25, -0.2) is 4.68 Å². The van der Waals surface area contributed by atoms with Gasteiger partial charge in [0.2, 0.25) is 0 Å². The summed E-state index contributed by atoms with van der Waals surface area (Å²) in [7, 11) is 0. The first kappa shape index (κ1) is 18.3. The Morgan fingerprint density at radius 1 is 0.793 bits per heavy atom. The highest BCUT2D eigenvalue weighted by molar-refractivity contribution is 6.02. The number of hydrogen-bond acceptors (Lipinski definition) is 5. The first-order chi connectivity index (χ1) is 14.1. The summed E-state index contributed by atoms with van der Waals surface area (Å²) in [5.74, 6) is -1.89. The number of aromatic carboxylic acids is 1. The van der Waals surface area contributed by atoms with Gasteiger partial charge in [0.1, 0.15) is 11.7 Å². The predicted octanol–water partition coefficient (Wildman–Crippen LogP) is 2.23. The highest BCUT2D eigenvalue weighted by Crippen LogP contribution is 2.23. The van der Waals surface area contributed by atoms with E-state index in [9.17, 15) is 19.5 Å². The molecule has 6 nitrogen and oxygen atoms in total. The van der Waals surface area contributed by atoms with Crippen LogP contribution in [-0.4, -0.2) is 21.5 Å². The molecule has 0 saturated carbocycles. The fraction of sp³-hybridized carbons (Fsp3) is 0.0435. The average Bonchev–Trinajstić information content (AvgIpc) is 2.76. The lowest BCUT2D eigenvalue weighted by Gasteiger charge is -2.20. The number of Topliss-reactive ketones (excluding diaryl/α,β-unsaturated/α-hetero) is 1. The van der Waals surface area contributed by atoms with Crippen LogP contribution in [0.15, 0.2) is 89.7 Å². The summed E-state index contributed by atoms with van der Waals surface area (Å²) in [6, 6.07) is 22.3. The average molecular weight is 383 g/mol. The van der Waals surface area contributed by atoms with E-state index >= 15 is 0 Å². The summed E-state index contributed by atoms with van der Waals surface area (Å²) in [5, 5.41) is 16.1. The Morgan fingerprint density at radius 3 is 1.97 bits per heavy atom. The standard InChI is InChI=1S/C23H16N2O4/c26-21(16-11-5-2-6-12-16)20(15-9-3-1-4-10-15)25-22(27)18-14-8-7-13-17(18)19(24-25)23(28)29/h1-14,20H,(H,28,29)/p-1/t20-/m1/s1. The minimum absolute atomic E-state index is 0.156. The van der Waals surface area contributed by atoms with Crippen LogP contribution in [0.1, 0.15) is 32.5 Å². The molecule has 4 rings (SSSR count). The number of hydrogen-bond donors (Lipinski definition) is 0. The smallest absolute Gasteiger partial charge is 0.275 e. The van der Waals surface area contributed by atoms with Crippen LogP contribution in [-0.2, 0) is 0 Å². The van der Waals surface area contributed by atoms with Gasteiger partial charge in [-0.05, 0) is 11.6 Å². The number of carboxylic acids is 1. The minimum atomic E-state index is -1.52. The number of aromatic nitrogens is 2. The highest BCUT2D eigenvalue weighted by atomic mass is 16.4. The summed E-state index contributed by atoms with van der Waals surface area (Å²) in [6.07, 6.45) is 0. The van der Waals surface area contributed by atoms with Crippen LogP contribution in [0.3, 0.4) is 0 Å². The molecule has 0 fully saturated rings. The fourth-order valence-electron chi connectivity index (χ4n) is 3.33. The van der Waals surface area contributed by atoms with Gasteiger partial charge in [0.05, 0.1) is 11.4 Å². The van der Waals surface area contributed by atoms with Crippen molar-refractivity contribution in [3.05, 3.63) is 112 Å². The van der Waals surface area contributed by atoms with Crippen LogP contribution >= 0.6 is 0 Å². The van der Waals surface area contributed by atoms with Crippen molar-refractivity contribution in [2.45, 2.75) is 6.04 Å². The molecular weight excluding hydrogens is 368 g/mol. The van der Waals surface area contributed by atoms with E-state index in [-0.39, 0.29) is 22.2 Å². The van der Waals surface area contributed by atoms with Gasteiger partial charge >= 0.3 is 0 Å². The molecule has 4 aromatic rings. The number of carbonyl (C=O) groups excluding carboxylic acids is 2. The zero-order chi connectivity index (χ0) is 20.4. The van der Waals surface area contributed by atoms with E-state index in [1.165, 1.54) is 12.1 Å². The van der Waals surface area contributed by atoms with Gasteiger partial charge in [0.25, 0.3) is 5.56 Å². The Bertz CT molecular complexity index is 1260. The van der Waals surface area contributed by atoms with Crippen LogP contribution in [0.4, 0.5) is 0 Å². The van der Waals surface area contributed by atoms with Gasteiger partial charge in [-0.15, -0.1) is 0 Å². The molecule has 0 amide bonds. The molecule has 29 heavy (non-hydrogen) atoms. The third kappa shape index (κ3) is 3.32. The summed E-state index contributed by atoms with van der Waals surface area (Å²) in [6.45, 7) is 0. The third-order valence-electron chi connectivity index (χ3n) is 4.69. The third-order valence-corrected chi connectivity index (χ3v) is 4.69. The molecule has 6 heteroatoms. The van der Waals surface area contributed by atoms with Gasteiger partial charge in [0, 0.05) is 10.9 Å². The first-order valence-corrected chi connectivity index (χ1v) is 8.95. The maximum Gasteiger partial charge on any atom is 0.275 e. The Hall–Kier alpha value is -4.06. The summed E-state index contributed by atoms with van der Waals surface area (Å²) in [4.78, 5) is 38.2. The number of benzene rings is 3. The van der Waals surface area contributed by atoms with Crippen molar-refractivity contribution >= 4 is 22.5 Å². The van der Waals surface area contributed by atoms with E-state index in [2.05, 4.69) is 5.10 Å². The van der Waals surface area contributed by atoms with Crippen molar-refractivity contribution in [3.63, 3.8) is 0 Å². The molecule has 1 atom stereocenters. The summed E-state index contributed by atoms with van der Waals surface area (Å²) >= 11 is 0. The lowest BCUT2D eigenvalue weighted by molar-refractivity contribution is -0.255. The molecule has 0 aliphatic heterocycles. The number of ketones is 1. The zero-order valence-corrected chi connectivity index (χ0v) is 15.2. The van der Waals surface area contributed by atoms with Crippen molar-refractivity contribution in [2.24, 2.45) is 0 Å². The maximum absolute atomic E-state index is 13.4. The van der Waals surface area contributed by atoms with Gasteiger partial charge in [-0.1, -0.05) is 78.9 Å². The first-order valence-electron chi connectivity index (χ1n) is 8.95. The van der Waals surface area contributed by atoms with Crippen molar-refractivity contribution in [2.75, 3.05) is 0 Å². The van der Waals surface area contributed by atoms with Crippen LogP contribution in [0.2, 0.25) is 0 Å². The van der Waals surface area contributed by atoms with E-state index in [1.807, 2.05) is 0 Å². The Labute approximate surface area is 165 Å². The van der Waals surface area contributed by atoms with Crippen LogP contribution in [0.25, 0.3) is 10.8 Å². The number of fused-ring (bicyclic) bond motifs is 1. The number of carbonyl (C=O) groups is 2. The lowest BCUT2D eigenvalue weighted by atomic mass is 9.97. The molecule has 0 unspecified atom stereocenters. The van der Waals surface area contributed by atoms with E-state index in [0.717, 1.165) is 4.68 Å². The predicted molar refractivity (Wildman–Crippen MR) is 106 cm³/mol. The molecule has 142 valence electrons. The molecule has 0 radical (unpaired) electrons. The van der Waals surface area contributed by atoms with Crippen LogP contribution in [0, 0.1) is 0 Å². The van der Waals surface area contributed by atoms with Crippen molar-refractivity contribution in [1.29, 1.82) is 0 Å². The highest BCUT2D eigenvalue weighted by Gasteiger charge is 2.27. The molecular formula is C23H15N2O4-. The van der Waals surface area contributed by atoms with Crippen LogP contribution < -0.4 is 10.7 Å². The van der Waals surface area contributed by atoms with Crippen molar-refractivity contribution in [1.82, 2.24) is 9.78 Å².